The Morgan fingerprint density at radius 1 is 1.54 bits per heavy atom. The van der Waals surface area contributed by atoms with E-state index >= 15 is 0 Å². The quantitative estimate of drug-likeness (QED) is 0.723. The molecule has 1 saturated heterocycles. The number of carboxylic acids is 1. The van der Waals surface area contributed by atoms with Crippen molar-refractivity contribution in [3.05, 3.63) is 0 Å². The third-order valence-corrected chi connectivity index (χ3v) is 2.73. The SMILES string of the molecule is CC1CCN(C(C(=O)O)C(C)C)C1. The Labute approximate surface area is 79.7 Å². The third kappa shape index (κ3) is 2.44. The predicted molar refractivity (Wildman–Crippen MR) is 51.6 cm³/mol. The van der Waals surface area contributed by atoms with Gasteiger partial charge >= 0.3 is 5.97 Å². The van der Waals surface area contributed by atoms with Gasteiger partial charge in [0.25, 0.3) is 0 Å². The summed E-state index contributed by atoms with van der Waals surface area (Å²) in [5.41, 5.74) is 0. The molecule has 1 N–H and O–H groups in total. The highest BCUT2D eigenvalue weighted by Crippen LogP contribution is 2.21. The van der Waals surface area contributed by atoms with Crippen LogP contribution in [0.4, 0.5) is 0 Å². The lowest BCUT2D eigenvalue weighted by atomic mass is 10.0. The maximum atomic E-state index is 11.0. The third-order valence-electron chi connectivity index (χ3n) is 2.73. The molecular formula is C10H19NO2. The van der Waals surface area contributed by atoms with E-state index in [9.17, 15) is 4.79 Å². The first-order valence-corrected chi connectivity index (χ1v) is 4.99. The smallest absolute Gasteiger partial charge is 0.321 e. The van der Waals surface area contributed by atoms with E-state index < -0.39 is 5.97 Å². The van der Waals surface area contributed by atoms with E-state index in [1.807, 2.05) is 13.8 Å². The fourth-order valence-corrected chi connectivity index (χ4v) is 2.08. The minimum atomic E-state index is -0.677. The van der Waals surface area contributed by atoms with Gasteiger partial charge in [0, 0.05) is 6.54 Å². The van der Waals surface area contributed by atoms with Crippen LogP contribution in [-0.2, 0) is 4.79 Å². The molecule has 0 aliphatic carbocycles. The van der Waals surface area contributed by atoms with Crippen molar-refractivity contribution in [1.29, 1.82) is 0 Å². The number of rotatable bonds is 3. The van der Waals surface area contributed by atoms with Gasteiger partial charge in [0.2, 0.25) is 0 Å². The Kier molecular flexibility index (Phi) is 3.31. The molecule has 1 aliphatic heterocycles. The van der Waals surface area contributed by atoms with Crippen molar-refractivity contribution in [2.45, 2.75) is 33.2 Å². The van der Waals surface area contributed by atoms with E-state index in [1.54, 1.807) is 0 Å². The van der Waals surface area contributed by atoms with Crippen molar-refractivity contribution in [3.8, 4) is 0 Å². The molecule has 1 fully saturated rings. The van der Waals surface area contributed by atoms with Crippen molar-refractivity contribution < 1.29 is 9.90 Å². The highest BCUT2D eigenvalue weighted by molar-refractivity contribution is 5.73. The monoisotopic (exact) mass is 185 g/mol. The number of nitrogens with zero attached hydrogens (tertiary/aromatic N) is 1. The molecule has 0 bridgehead atoms. The summed E-state index contributed by atoms with van der Waals surface area (Å²) in [4.78, 5) is 13.1. The average molecular weight is 185 g/mol. The molecule has 3 heteroatoms. The fraction of sp³-hybridized carbons (Fsp3) is 0.900. The van der Waals surface area contributed by atoms with Gasteiger partial charge in [-0.25, -0.2) is 0 Å². The Bertz CT molecular complexity index is 191. The summed E-state index contributed by atoms with van der Waals surface area (Å²) in [5, 5.41) is 9.05. The van der Waals surface area contributed by atoms with Crippen molar-refractivity contribution in [2.75, 3.05) is 13.1 Å². The number of aliphatic carboxylic acids is 1. The molecule has 0 amide bonds. The Balaban J connectivity index is 2.60. The molecule has 3 nitrogen and oxygen atoms in total. The predicted octanol–water partition coefficient (Wildman–Crippen LogP) is 1.44. The largest absolute Gasteiger partial charge is 0.480 e. The molecule has 0 aromatic heterocycles. The minimum Gasteiger partial charge on any atom is -0.480 e. The molecule has 76 valence electrons. The summed E-state index contributed by atoms with van der Waals surface area (Å²) in [7, 11) is 0. The van der Waals surface area contributed by atoms with Gasteiger partial charge in [-0.15, -0.1) is 0 Å². The molecule has 2 atom stereocenters. The topological polar surface area (TPSA) is 40.5 Å². The van der Waals surface area contributed by atoms with Crippen LogP contribution in [-0.4, -0.2) is 35.1 Å². The molecule has 13 heavy (non-hydrogen) atoms. The number of hydrogen-bond acceptors (Lipinski definition) is 2. The summed E-state index contributed by atoms with van der Waals surface area (Å²) in [5.74, 6) is 0.174. The standard InChI is InChI=1S/C10H19NO2/c1-7(2)9(10(12)13)11-5-4-8(3)6-11/h7-9H,4-6H2,1-3H3,(H,12,13). The first-order chi connectivity index (χ1) is 6.02. The summed E-state index contributed by atoms with van der Waals surface area (Å²) in [6.45, 7) is 8.01. The Morgan fingerprint density at radius 3 is 2.46 bits per heavy atom. The van der Waals surface area contributed by atoms with Gasteiger partial charge in [0.15, 0.2) is 0 Å². The zero-order valence-corrected chi connectivity index (χ0v) is 8.66. The lowest BCUT2D eigenvalue weighted by Gasteiger charge is -2.26. The Hall–Kier alpha value is -0.570. The first kappa shape index (κ1) is 10.5. The molecule has 0 aromatic carbocycles. The van der Waals surface area contributed by atoms with Crippen LogP contribution in [0.5, 0.6) is 0 Å². The van der Waals surface area contributed by atoms with Crippen LogP contribution < -0.4 is 0 Å². The maximum Gasteiger partial charge on any atom is 0.321 e. The molecular weight excluding hydrogens is 166 g/mol. The second kappa shape index (κ2) is 4.09. The van der Waals surface area contributed by atoms with Crippen LogP contribution >= 0.6 is 0 Å². The van der Waals surface area contributed by atoms with Crippen molar-refractivity contribution in [2.24, 2.45) is 11.8 Å². The normalized spacial score (nSPS) is 26.6. The number of carbonyl (C=O) groups is 1. The van der Waals surface area contributed by atoms with Crippen LogP contribution in [0.3, 0.4) is 0 Å². The minimum absolute atomic E-state index is 0.197. The van der Waals surface area contributed by atoms with E-state index in [2.05, 4.69) is 11.8 Å². The second-order valence-electron chi connectivity index (χ2n) is 4.42. The van der Waals surface area contributed by atoms with Gasteiger partial charge in [-0.2, -0.15) is 0 Å². The summed E-state index contributed by atoms with van der Waals surface area (Å²) in [6.07, 6.45) is 1.14. The van der Waals surface area contributed by atoms with Crippen molar-refractivity contribution in [3.63, 3.8) is 0 Å². The zero-order valence-electron chi connectivity index (χ0n) is 8.66. The molecule has 2 unspecified atom stereocenters. The maximum absolute atomic E-state index is 11.0. The van der Waals surface area contributed by atoms with E-state index in [4.69, 9.17) is 5.11 Å². The number of hydrogen-bond donors (Lipinski definition) is 1. The average Bonchev–Trinajstić information content (AvgIpc) is 2.34. The van der Waals surface area contributed by atoms with Crippen LogP contribution in [0, 0.1) is 11.8 Å². The molecule has 1 aliphatic rings. The van der Waals surface area contributed by atoms with Gasteiger partial charge in [-0.1, -0.05) is 20.8 Å². The van der Waals surface area contributed by atoms with Crippen LogP contribution in [0.15, 0.2) is 0 Å². The molecule has 0 saturated carbocycles. The molecule has 1 rings (SSSR count). The lowest BCUT2D eigenvalue weighted by molar-refractivity contribution is -0.144. The Morgan fingerprint density at radius 2 is 2.15 bits per heavy atom. The van der Waals surface area contributed by atoms with Crippen molar-refractivity contribution >= 4 is 5.97 Å². The van der Waals surface area contributed by atoms with Gasteiger partial charge in [0.1, 0.15) is 6.04 Å². The van der Waals surface area contributed by atoms with Crippen LogP contribution in [0.1, 0.15) is 27.2 Å². The van der Waals surface area contributed by atoms with Crippen LogP contribution in [0.25, 0.3) is 0 Å². The highest BCUT2D eigenvalue weighted by Gasteiger charge is 2.32. The molecule has 1 heterocycles. The second-order valence-corrected chi connectivity index (χ2v) is 4.42. The molecule has 0 spiro atoms. The highest BCUT2D eigenvalue weighted by atomic mass is 16.4. The summed E-state index contributed by atoms with van der Waals surface area (Å²) < 4.78 is 0. The zero-order chi connectivity index (χ0) is 10.0. The van der Waals surface area contributed by atoms with E-state index in [0.29, 0.717) is 5.92 Å². The van der Waals surface area contributed by atoms with Crippen molar-refractivity contribution in [1.82, 2.24) is 4.90 Å². The summed E-state index contributed by atoms with van der Waals surface area (Å²) in [6, 6.07) is -0.287. The molecule has 0 aromatic rings. The van der Waals surface area contributed by atoms with E-state index in [0.717, 1.165) is 19.5 Å². The lowest BCUT2D eigenvalue weighted by Crippen LogP contribution is -2.43. The molecule has 0 radical (unpaired) electrons. The summed E-state index contributed by atoms with van der Waals surface area (Å²) >= 11 is 0. The number of likely N-dealkylation sites (tertiary alicyclic amines) is 1. The first-order valence-electron chi connectivity index (χ1n) is 4.99. The van der Waals surface area contributed by atoms with Crippen LogP contribution in [0.2, 0.25) is 0 Å². The van der Waals surface area contributed by atoms with Gasteiger partial charge in [-0.05, 0) is 24.8 Å². The van der Waals surface area contributed by atoms with Gasteiger partial charge < -0.3 is 5.11 Å². The fourth-order valence-electron chi connectivity index (χ4n) is 2.08. The van der Waals surface area contributed by atoms with E-state index in [1.165, 1.54) is 0 Å². The van der Waals surface area contributed by atoms with E-state index in [-0.39, 0.29) is 12.0 Å². The van der Waals surface area contributed by atoms with Gasteiger partial charge in [-0.3, -0.25) is 9.69 Å². The number of carboxylic acid groups (broad SMARTS) is 1. The van der Waals surface area contributed by atoms with Gasteiger partial charge in [0.05, 0.1) is 0 Å².